The molecule has 2 aromatic rings. The van der Waals surface area contributed by atoms with Crippen molar-refractivity contribution in [1.29, 1.82) is 0 Å². The Balaban J connectivity index is 1.62. The van der Waals surface area contributed by atoms with Gasteiger partial charge in [0, 0.05) is 18.0 Å². The molecular weight excluding hydrogens is 341 g/mol. The van der Waals surface area contributed by atoms with Gasteiger partial charge in [0.25, 0.3) is 0 Å². The summed E-state index contributed by atoms with van der Waals surface area (Å²) in [4.78, 5) is 0. The largest absolute Gasteiger partial charge is 0.314 e. The molecule has 0 aliphatic heterocycles. The summed E-state index contributed by atoms with van der Waals surface area (Å²) in [5.41, 5.74) is 0.768. The van der Waals surface area contributed by atoms with E-state index in [9.17, 15) is 4.39 Å². The van der Waals surface area contributed by atoms with Crippen molar-refractivity contribution in [2.24, 2.45) is 0 Å². The van der Waals surface area contributed by atoms with Crippen LogP contribution in [0.1, 0.15) is 24.3 Å². The molecule has 0 radical (unpaired) electrons. The number of rotatable bonds is 6. The van der Waals surface area contributed by atoms with E-state index < -0.39 is 0 Å². The molecule has 1 aromatic carbocycles. The molecule has 3 rings (SSSR count). The lowest BCUT2D eigenvalue weighted by molar-refractivity contribution is 0.621. The van der Waals surface area contributed by atoms with E-state index in [1.165, 1.54) is 30.2 Å². The van der Waals surface area contributed by atoms with E-state index in [0.29, 0.717) is 4.47 Å². The maximum Gasteiger partial charge on any atom is 0.149 e. The molecule has 1 aliphatic carbocycles. The Labute approximate surface area is 129 Å². The van der Waals surface area contributed by atoms with Crippen LogP contribution >= 0.6 is 27.3 Å². The zero-order chi connectivity index (χ0) is 13.9. The van der Waals surface area contributed by atoms with E-state index >= 15 is 0 Å². The van der Waals surface area contributed by atoms with Gasteiger partial charge in [-0.2, -0.15) is 0 Å². The third-order valence-electron chi connectivity index (χ3n) is 3.23. The van der Waals surface area contributed by atoms with Gasteiger partial charge in [0.1, 0.15) is 15.8 Å². The summed E-state index contributed by atoms with van der Waals surface area (Å²) >= 11 is 4.80. The summed E-state index contributed by atoms with van der Waals surface area (Å²) in [6.07, 6.45) is 4.62. The summed E-state index contributed by atoms with van der Waals surface area (Å²) in [6.45, 7) is 1.03. The van der Waals surface area contributed by atoms with E-state index in [4.69, 9.17) is 0 Å². The number of nitrogens with one attached hydrogen (secondary N) is 1. The Morgan fingerprint density at radius 3 is 3.00 bits per heavy atom. The fourth-order valence-corrected chi connectivity index (χ4v) is 3.46. The lowest BCUT2D eigenvalue weighted by atomic mass is 10.2. The van der Waals surface area contributed by atoms with Gasteiger partial charge in [-0.3, -0.25) is 0 Å². The minimum atomic E-state index is -0.270. The van der Waals surface area contributed by atoms with Gasteiger partial charge in [0.15, 0.2) is 0 Å². The van der Waals surface area contributed by atoms with E-state index in [0.717, 1.165) is 41.0 Å². The highest BCUT2D eigenvalue weighted by atomic mass is 79.9. The second kappa shape index (κ2) is 6.28. The Hall–Kier alpha value is -0.850. The fraction of sp³-hybridized carbons (Fsp3) is 0.429. The minimum Gasteiger partial charge on any atom is -0.314 e. The third kappa shape index (κ3) is 3.42. The first-order valence-corrected chi connectivity index (χ1v) is 8.35. The summed E-state index contributed by atoms with van der Waals surface area (Å²) in [7, 11) is 0. The summed E-state index contributed by atoms with van der Waals surface area (Å²) in [5, 5.41) is 13.6. The highest BCUT2D eigenvalue weighted by Crippen LogP contribution is 2.32. The predicted molar refractivity (Wildman–Crippen MR) is 82.3 cm³/mol. The van der Waals surface area contributed by atoms with Gasteiger partial charge in [-0.15, -0.1) is 10.2 Å². The monoisotopic (exact) mass is 355 g/mol. The van der Waals surface area contributed by atoms with Crippen LogP contribution in [0, 0.1) is 5.82 Å². The van der Waals surface area contributed by atoms with Crippen LogP contribution in [-0.2, 0) is 6.42 Å². The van der Waals surface area contributed by atoms with Gasteiger partial charge in [-0.05, 0) is 47.8 Å². The summed E-state index contributed by atoms with van der Waals surface area (Å²) in [5.74, 6) is -0.270. The molecule has 1 aromatic heterocycles. The molecule has 0 amide bonds. The Bertz CT molecular complexity index is 598. The smallest absolute Gasteiger partial charge is 0.149 e. The van der Waals surface area contributed by atoms with E-state index in [2.05, 4.69) is 31.4 Å². The highest BCUT2D eigenvalue weighted by Gasteiger charge is 2.19. The zero-order valence-corrected chi connectivity index (χ0v) is 13.3. The van der Waals surface area contributed by atoms with Gasteiger partial charge in [-0.1, -0.05) is 23.5 Å². The van der Waals surface area contributed by atoms with Crippen molar-refractivity contribution in [2.45, 2.75) is 31.7 Å². The Kier molecular flexibility index (Phi) is 4.43. The molecule has 0 atom stereocenters. The molecule has 1 heterocycles. The number of aryl methyl sites for hydroxylation is 1. The summed E-state index contributed by atoms with van der Waals surface area (Å²) < 4.78 is 14.0. The first-order chi connectivity index (χ1) is 9.74. The van der Waals surface area contributed by atoms with Crippen LogP contribution in [0.4, 0.5) is 4.39 Å². The van der Waals surface area contributed by atoms with Gasteiger partial charge >= 0.3 is 0 Å². The van der Waals surface area contributed by atoms with Crippen LogP contribution in [0.25, 0.3) is 10.6 Å². The van der Waals surface area contributed by atoms with Crippen molar-refractivity contribution in [3.8, 4) is 10.6 Å². The molecule has 1 saturated carbocycles. The van der Waals surface area contributed by atoms with Crippen molar-refractivity contribution in [3.63, 3.8) is 0 Å². The molecule has 0 unspecified atom stereocenters. The first kappa shape index (κ1) is 14.1. The second-order valence-electron chi connectivity index (χ2n) is 4.93. The molecule has 1 N–H and O–H groups in total. The van der Waals surface area contributed by atoms with Gasteiger partial charge in [0.05, 0.1) is 4.47 Å². The molecule has 0 bridgehead atoms. The van der Waals surface area contributed by atoms with Crippen molar-refractivity contribution in [1.82, 2.24) is 15.5 Å². The molecule has 0 spiro atoms. The van der Waals surface area contributed by atoms with Crippen molar-refractivity contribution in [2.75, 3.05) is 6.54 Å². The molecule has 20 heavy (non-hydrogen) atoms. The number of hydrogen-bond donors (Lipinski definition) is 1. The zero-order valence-electron chi connectivity index (χ0n) is 10.9. The standard InChI is InChI=1S/C14H15BrFN3S/c15-13-10(3-1-4-11(13)16)14-19-18-12(20-14)5-2-8-17-9-6-7-9/h1,3-4,9,17H,2,5-8H2. The molecule has 106 valence electrons. The normalized spacial score (nSPS) is 14.7. The quantitative estimate of drug-likeness (QED) is 0.801. The molecule has 1 aliphatic rings. The summed E-state index contributed by atoms with van der Waals surface area (Å²) in [6, 6.07) is 5.73. The second-order valence-corrected chi connectivity index (χ2v) is 6.79. The fourth-order valence-electron chi connectivity index (χ4n) is 1.97. The number of aromatic nitrogens is 2. The van der Waals surface area contributed by atoms with E-state index in [1.807, 2.05) is 6.07 Å². The average Bonchev–Trinajstić information content (AvgIpc) is 3.15. The average molecular weight is 356 g/mol. The lowest BCUT2D eigenvalue weighted by Gasteiger charge is -2.00. The SMILES string of the molecule is Fc1cccc(-c2nnc(CCCNC3CC3)s2)c1Br. The van der Waals surface area contributed by atoms with Gasteiger partial charge < -0.3 is 5.32 Å². The Morgan fingerprint density at radius 2 is 2.20 bits per heavy atom. The van der Waals surface area contributed by atoms with E-state index in [1.54, 1.807) is 6.07 Å². The maximum atomic E-state index is 13.5. The number of nitrogens with zero attached hydrogens (tertiary/aromatic N) is 2. The van der Waals surface area contributed by atoms with Crippen molar-refractivity contribution in [3.05, 3.63) is 33.5 Å². The van der Waals surface area contributed by atoms with Crippen LogP contribution in [0.15, 0.2) is 22.7 Å². The van der Waals surface area contributed by atoms with Crippen LogP contribution in [0.5, 0.6) is 0 Å². The highest BCUT2D eigenvalue weighted by molar-refractivity contribution is 9.10. The molecule has 0 saturated heterocycles. The first-order valence-electron chi connectivity index (χ1n) is 6.74. The number of hydrogen-bond acceptors (Lipinski definition) is 4. The minimum absolute atomic E-state index is 0.270. The van der Waals surface area contributed by atoms with Gasteiger partial charge in [0.2, 0.25) is 0 Å². The maximum absolute atomic E-state index is 13.5. The topological polar surface area (TPSA) is 37.8 Å². The lowest BCUT2D eigenvalue weighted by Crippen LogP contribution is -2.17. The van der Waals surface area contributed by atoms with E-state index in [-0.39, 0.29) is 5.82 Å². The molecule has 1 fully saturated rings. The predicted octanol–water partition coefficient (Wildman–Crippen LogP) is 3.79. The number of halogens is 2. The van der Waals surface area contributed by atoms with Crippen LogP contribution in [-0.4, -0.2) is 22.8 Å². The van der Waals surface area contributed by atoms with Crippen molar-refractivity contribution >= 4 is 27.3 Å². The van der Waals surface area contributed by atoms with Gasteiger partial charge in [-0.25, -0.2) is 4.39 Å². The van der Waals surface area contributed by atoms with Crippen LogP contribution in [0.2, 0.25) is 0 Å². The van der Waals surface area contributed by atoms with Crippen LogP contribution < -0.4 is 5.32 Å². The van der Waals surface area contributed by atoms with Crippen LogP contribution in [0.3, 0.4) is 0 Å². The molecular formula is C14H15BrFN3S. The third-order valence-corrected chi connectivity index (χ3v) is 5.05. The molecule has 3 nitrogen and oxygen atoms in total. The molecule has 6 heteroatoms. The number of benzene rings is 1. The van der Waals surface area contributed by atoms with Crippen molar-refractivity contribution < 1.29 is 4.39 Å². The Morgan fingerprint density at radius 1 is 1.35 bits per heavy atom.